The molecule has 4 nitrogen and oxygen atoms in total. The molecule has 0 aliphatic carbocycles. The zero-order chi connectivity index (χ0) is 13.9. The number of nitrogens with one attached hydrogen (secondary N) is 2. The number of hydrogen-bond acceptors (Lipinski definition) is 3. The van der Waals surface area contributed by atoms with Gasteiger partial charge in [-0.1, -0.05) is 28.1 Å². The molecule has 1 aromatic carbocycles. The van der Waals surface area contributed by atoms with Gasteiger partial charge in [-0.3, -0.25) is 5.10 Å². The van der Waals surface area contributed by atoms with Gasteiger partial charge in [0.2, 0.25) is 0 Å². The Kier molecular flexibility index (Phi) is 4.08. The van der Waals surface area contributed by atoms with Crippen molar-refractivity contribution in [3.8, 4) is 11.1 Å². The number of aromatic amines is 1. The van der Waals surface area contributed by atoms with Gasteiger partial charge in [-0.05, 0) is 37.6 Å². The molecule has 0 radical (unpaired) electrons. The summed E-state index contributed by atoms with van der Waals surface area (Å²) in [6, 6.07) is 8.44. The topological polar surface area (TPSA) is 44.0 Å². The minimum absolute atomic E-state index is 1.01. The quantitative estimate of drug-likeness (QED) is 0.887. The molecule has 3 rings (SSSR count). The zero-order valence-electron chi connectivity index (χ0n) is 11.6. The SMILES string of the molecule is Cc1[nH]nc(N2CCCNCC2)c1-c1ccc(Br)cc1. The summed E-state index contributed by atoms with van der Waals surface area (Å²) in [4.78, 5) is 2.38. The molecule has 1 aliphatic rings. The predicted octanol–water partition coefficient (Wildman–Crippen LogP) is 2.95. The van der Waals surface area contributed by atoms with E-state index in [1.807, 2.05) is 0 Å². The van der Waals surface area contributed by atoms with Crippen molar-refractivity contribution in [3.05, 3.63) is 34.4 Å². The molecule has 0 unspecified atom stereocenters. The molecular weight excluding hydrogens is 316 g/mol. The van der Waals surface area contributed by atoms with Crippen molar-refractivity contribution in [3.63, 3.8) is 0 Å². The molecule has 1 aromatic heterocycles. The van der Waals surface area contributed by atoms with Gasteiger partial charge >= 0.3 is 0 Å². The first-order valence-corrected chi connectivity index (χ1v) is 7.81. The Hall–Kier alpha value is -1.33. The van der Waals surface area contributed by atoms with Crippen molar-refractivity contribution < 1.29 is 0 Å². The summed E-state index contributed by atoms with van der Waals surface area (Å²) >= 11 is 3.49. The molecule has 2 heterocycles. The van der Waals surface area contributed by atoms with Crippen LogP contribution in [0.25, 0.3) is 11.1 Å². The van der Waals surface area contributed by atoms with E-state index in [1.54, 1.807) is 0 Å². The molecule has 0 saturated carbocycles. The average molecular weight is 335 g/mol. The lowest BCUT2D eigenvalue weighted by molar-refractivity contribution is 0.724. The van der Waals surface area contributed by atoms with Gasteiger partial charge in [-0.15, -0.1) is 0 Å². The molecule has 2 aromatic rings. The highest BCUT2D eigenvalue weighted by atomic mass is 79.9. The molecule has 0 bridgehead atoms. The maximum Gasteiger partial charge on any atom is 0.158 e. The van der Waals surface area contributed by atoms with Crippen LogP contribution in [0.4, 0.5) is 5.82 Å². The second-order valence-electron chi connectivity index (χ2n) is 5.14. The van der Waals surface area contributed by atoms with E-state index in [1.165, 1.54) is 11.1 Å². The van der Waals surface area contributed by atoms with Gasteiger partial charge in [0.05, 0.1) is 0 Å². The third-order valence-corrected chi connectivity index (χ3v) is 4.23. The number of hydrogen-bond donors (Lipinski definition) is 2. The molecule has 0 amide bonds. The minimum Gasteiger partial charge on any atom is -0.353 e. The Morgan fingerprint density at radius 2 is 1.95 bits per heavy atom. The first-order chi connectivity index (χ1) is 9.75. The second kappa shape index (κ2) is 5.97. The first kappa shape index (κ1) is 13.6. The van der Waals surface area contributed by atoms with E-state index in [-0.39, 0.29) is 0 Å². The van der Waals surface area contributed by atoms with Crippen LogP contribution < -0.4 is 10.2 Å². The lowest BCUT2D eigenvalue weighted by atomic mass is 10.1. The van der Waals surface area contributed by atoms with Crippen LogP contribution in [0, 0.1) is 6.92 Å². The Morgan fingerprint density at radius 1 is 1.15 bits per heavy atom. The third kappa shape index (κ3) is 2.74. The van der Waals surface area contributed by atoms with E-state index in [0.29, 0.717) is 0 Å². The fourth-order valence-electron chi connectivity index (χ4n) is 2.66. The maximum atomic E-state index is 4.54. The van der Waals surface area contributed by atoms with Crippen LogP contribution in [-0.4, -0.2) is 36.4 Å². The fourth-order valence-corrected chi connectivity index (χ4v) is 2.93. The number of aromatic nitrogens is 2. The van der Waals surface area contributed by atoms with E-state index in [9.17, 15) is 0 Å². The lowest BCUT2D eigenvalue weighted by Crippen LogP contribution is -2.28. The molecule has 20 heavy (non-hydrogen) atoms. The number of H-pyrrole nitrogens is 1. The summed E-state index contributed by atoms with van der Waals surface area (Å²) in [6.45, 7) is 6.26. The summed E-state index contributed by atoms with van der Waals surface area (Å²) in [5.41, 5.74) is 3.56. The van der Waals surface area contributed by atoms with E-state index in [0.717, 1.165) is 48.6 Å². The Bertz CT molecular complexity index is 568. The molecule has 106 valence electrons. The van der Waals surface area contributed by atoms with Gasteiger partial charge in [0.15, 0.2) is 5.82 Å². The van der Waals surface area contributed by atoms with Crippen molar-refractivity contribution in [2.75, 3.05) is 31.1 Å². The summed E-state index contributed by atoms with van der Waals surface area (Å²) < 4.78 is 1.10. The van der Waals surface area contributed by atoms with E-state index in [4.69, 9.17) is 0 Å². The molecule has 2 N–H and O–H groups in total. The Labute approximate surface area is 127 Å². The highest BCUT2D eigenvalue weighted by molar-refractivity contribution is 9.10. The fraction of sp³-hybridized carbons (Fsp3) is 0.400. The van der Waals surface area contributed by atoms with Gasteiger partial charge in [-0.25, -0.2) is 0 Å². The third-order valence-electron chi connectivity index (χ3n) is 3.70. The first-order valence-electron chi connectivity index (χ1n) is 7.02. The van der Waals surface area contributed by atoms with Crippen molar-refractivity contribution in [2.45, 2.75) is 13.3 Å². The smallest absolute Gasteiger partial charge is 0.158 e. The second-order valence-corrected chi connectivity index (χ2v) is 6.06. The van der Waals surface area contributed by atoms with Gasteiger partial charge in [-0.2, -0.15) is 5.10 Å². The standard InChI is InChI=1S/C15H19BrN4/c1-11-14(12-3-5-13(16)6-4-12)15(19-18-11)20-9-2-7-17-8-10-20/h3-6,17H,2,7-10H2,1H3,(H,18,19). The summed E-state index contributed by atoms with van der Waals surface area (Å²) in [5, 5.41) is 11.1. The highest BCUT2D eigenvalue weighted by Gasteiger charge is 2.19. The number of nitrogens with zero attached hydrogens (tertiary/aromatic N) is 2. The predicted molar refractivity (Wildman–Crippen MR) is 86.2 cm³/mol. The largest absolute Gasteiger partial charge is 0.353 e. The zero-order valence-corrected chi connectivity index (χ0v) is 13.2. The molecule has 0 spiro atoms. The van der Waals surface area contributed by atoms with Gasteiger partial charge in [0.1, 0.15) is 0 Å². The number of anilines is 1. The van der Waals surface area contributed by atoms with Crippen LogP contribution in [0.2, 0.25) is 0 Å². The van der Waals surface area contributed by atoms with E-state index >= 15 is 0 Å². The minimum atomic E-state index is 1.01. The number of rotatable bonds is 2. The van der Waals surface area contributed by atoms with E-state index < -0.39 is 0 Å². The highest BCUT2D eigenvalue weighted by Crippen LogP contribution is 2.32. The van der Waals surface area contributed by atoms with E-state index in [2.05, 4.69) is 67.5 Å². The van der Waals surface area contributed by atoms with Crippen LogP contribution in [0.15, 0.2) is 28.7 Å². The van der Waals surface area contributed by atoms with Crippen LogP contribution in [0.3, 0.4) is 0 Å². The molecule has 5 heteroatoms. The Balaban J connectivity index is 1.98. The number of aryl methyl sites for hydroxylation is 1. The monoisotopic (exact) mass is 334 g/mol. The Morgan fingerprint density at radius 3 is 2.75 bits per heavy atom. The lowest BCUT2D eigenvalue weighted by Gasteiger charge is -2.21. The van der Waals surface area contributed by atoms with Crippen LogP contribution in [0.1, 0.15) is 12.1 Å². The van der Waals surface area contributed by atoms with Gasteiger partial charge in [0.25, 0.3) is 0 Å². The van der Waals surface area contributed by atoms with Crippen LogP contribution in [0.5, 0.6) is 0 Å². The summed E-state index contributed by atoms with van der Waals surface area (Å²) in [5.74, 6) is 1.08. The molecule has 1 saturated heterocycles. The normalized spacial score (nSPS) is 16.2. The van der Waals surface area contributed by atoms with Crippen LogP contribution >= 0.6 is 15.9 Å². The maximum absolute atomic E-state index is 4.54. The number of benzene rings is 1. The van der Waals surface area contributed by atoms with Crippen molar-refractivity contribution in [2.24, 2.45) is 0 Å². The molecule has 1 fully saturated rings. The van der Waals surface area contributed by atoms with Crippen LogP contribution in [-0.2, 0) is 0 Å². The van der Waals surface area contributed by atoms with Crippen molar-refractivity contribution >= 4 is 21.7 Å². The summed E-state index contributed by atoms with van der Waals surface area (Å²) in [7, 11) is 0. The van der Waals surface area contributed by atoms with Gasteiger partial charge < -0.3 is 10.2 Å². The number of halogens is 1. The molecule has 1 aliphatic heterocycles. The summed E-state index contributed by atoms with van der Waals surface area (Å²) in [6.07, 6.45) is 1.16. The van der Waals surface area contributed by atoms with Crippen molar-refractivity contribution in [1.29, 1.82) is 0 Å². The van der Waals surface area contributed by atoms with Gasteiger partial charge in [0, 0.05) is 35.4 Å². The van der Waals surface area contributed by atoms with Crippen molar-refractivity contribution in [1.82, 2.24) is 15.5 Å². The molecule has 0 atom stereocenters. The molecular formula is C15H19BrN4. The average Bonchev–Trinajstić information content (AvgIpc) is 2.67.